The Hall–Kier alpha value is -3.06. The second-order valence-corrected chi connectivity index (χ2v) is 14.4. The van der Waals surface area contributed by atoms with Crippen LogP contribution >= 0.6 is 0 Å². The molecule has 3 atom stereocenters. The number of carbonyl (C=O) groups excluding carboxylic acids is 1. The van der Waals surface area contributed by atoms with Crippen molar-refractivity contribution in [2.24, 2.45) is 4.99 Å². The third-order valence-corrected chi connectivity index (χ3v) is 10.0. The predicted octanol–water partition coefficient (Wildman–Crippen LogP) is 4.14. The average molecular weight is 609 g/mol. The summed E-state index contributed by atoms with van der Waals surface area (Å²) in [6.07, 6.45) is -2.58. The van der Waals surface area contributed by atoms with Crippen molar-refractivity contribution in [3.63, 3.8) is 0 Å². The van der Waals surface area contributed by atoms with E-state index in [0.717, 1.165) is 11.6 Å². The number of aliphatic hydroxyl groups excluding tert-OH is 1. The number of aliphatic hydroxyl groups is 1. The maximum absolute atomic E-state index is 15.8. The number of aliphatic imine (C=N–C) groups is 1. The molecule has 1 saturated heterocycles. The first-order valence-electron chi connectivity index (χ1n) is 13.5. The fourth-order valence-corrected chi connectivity index (χ4v) is 7.23. The molecule has 0 spiro atoms. The number of hydrogen-bond donors (Lipinski definition) is 2. The quantitative estimate of drug-likeness (QED) is 0.408. The van der Waals surface area contributed by atoms with Crippen LogP contribution in [0.5, 0.6) is 5.75 Å². The van der Waals surface area contributed by atoms with E-state index in [9.17, 15) is 18.3 Å². The highest BCUT2D eigenvalue weighted by Crippen LogP contribution is 2.44. The summed E-state index contributed by atoms with van der Waals surface area (Å²) in [7, 11) is -1.56. The van der Waals surface area contributed by atoms with E-state index in [2.05, 4.69) is 10.3 Å². The van der Waals surface area contributed by atoms with Gasteiger partial charge in [0, 0.05) is 12.7 Å². The van der Waals surface area contributed by atoms with Gasteiger partial charge in [0.15, 0.2) is 9.84 Å². The van der Waals surface area contributed by atoms with Crippen LogP contribution in [0.25, 0.3) is 0 Å². The maximum Gasteiger partial charge on any atom is 0.435 e. The lowest BCUT2D eigenvalue weighted by Crippen LogP contribution is -2.72. The van der Waals surface area contributed by atoms with E-state index in [4.69, 9.17) is 18.9 Å². The van der Waals surface area contributed by atoms with Crippen LogP contribution in [0, 0.1) is 5.82 Å². The highest BCUT2D eigenvalue weighted by molar-refractivity contribution is 7.94. The normalized spacial score (nSPS) is 23.2. The molecule has 0 aliphatic carbocycles. The highest BCUT2D eigenvalue weighted by Gasteiger charge is 2.61. The van der Waals surface area contributed by atoms with E-state index in [-0.39, 0.29) is 43.4 Å². The summed E-state index contributed by atoms with van der Waals surface area (Å²) in [6, 6.07) is 13.1. The molecule has 2 N–H and O–H groups in total. The first kappa shape index (κ1) is 33.4. The Balaban J connectivity index is 2.29. The second-order valence-electron chi connectivity index (χ2n) is 11.8. The zero-order valence-corrected chi connectivity index (χ0v) is 26.0. The number of benzene rings is 2. The number of nitrogens with zero attached hydrogens (tertiary/aromatic N) is 1. The molecule has 2 aromatic carbocycles. The Morgan fingerprint density at radius 3 is 2.40 bits per heavy atom. The highest BCUT2D eigenvalue weighted by atomic mass is 32.2. The topological polar surface area (TPSA) is 133 Å². The summed E-state index contributed by atoms with van der Waals surface area (Å²) >= 11 is 0. The van der Waals surface area contributed by atoms with Gasteiger partial charge in [-0.25, -0.2) is 17.6 Å². The lowest BCUT2D eigenvalue weighted by atomic mass is 9.82. The molecule has 0 aromatic heterocycles. The van der Waals surface area contributed by atoms with Crippen molar-refractivity contribution in [2.75, 3.05) is 27.4 Å². The Morgan fingerprint density at radius 1 is 1.14 bits per heavy atom. The molecule has 10 nitrogen and oxygen atoms in total. The zero-order chi connectivity index (χ0) is 31.3. The number of nitrogens with one attached hydrogen (secondary N) is 1. The number of rotatable bonds is 10. The van der Waals surface area contributed by atoms with Crippen LogP contribution in [0.1, 0.15) is 52.2 Å². The SMILES string of the molecule is COCC(O)C[C@@H]1[C@@](COCc2ccccc2)(c2cc(OC)ccc2F)N/C(=N\C(=O)OC(C)(C)C)C(C)(C)S1(=O)=O. The Morgan fingerprint density at radius 2 is 1.81 bits per heavy atom. The van der Waals surface area contributed by atoms with Gasteiger partial charge in [0.1, 0.15) is 33.3 Å². The summed E-state index contributed by atoms with van der Waals surface area (Å²) in [5.74, 6) is -0.733. The number of halogens is 1. The standard InChI is InChI=1S/C30H41FN2O8S/c1-28(2,3)41-27(35)32-26-29(4,5)42(36,37)25(15-21(34)18-38-6)30(33-26,19-40-17-20-11-9-8-10-12-20)23-16-22(39-7)13-14-24(23)31/h8-14,16,21,25,34H,15,17-19H2,1-7H3,(H,32,33,35)/t21?,25-,30-/m1/s1. The van der Waals surface area contributed by atoms with Crippen molar-refractivity contribution in [1.29, 1.82) is 0 Å². The van der Waals surface area contributed by atoms with Crippen molar-refractivity contribution >= 4 is 21.8 Å². The fourth-order valence-electron chi connectivity index (χ4n) is 4.90. The Kier molecular flexibility index (Phi) is 10.4. The van der Waals surface area contributed by atoms with Crippen LogP contribution < -0.4 is 10.1 Å². The van der Waals surface area contributed by atoms with Gasteiger partial charge in [-0.2, -0.15) is 4.99 Å². The third kappa shape index (κ3) is 7.28. The first-order valence-corrected chi connectivity index (χ1v) is 15.1. The minimum atomic E-state index is -4.34. The average Bonchev–Trinajstić information content (AvgIpc) is 2.90. The van der Waals surface area contributed by atoms with Crippen LogP contribution in [-0.4, -0.2) is 74.6 Å². The first-order chi connectivity index (χ1) is 19.6. The van der Waals surface area contributed by atoms with E-state index in [1.807, 2.05) is 30.3 Å². The van der Waals surface area contributed by atoms with Crippen LogP contribution in [0.2, 0.25) is 0 Å². The van der Waals surface area contributed by atoms with Crippen molar-refractivity contribution in [1.82, 2.24) is 5.32 Å². The van der Waals surface area contributed by atoms with E-state index in [1.165, 1.54) is 40.2 Å². The second kappa shape index (κ2) is 13.1. The number of methoxy groups -OCH3 is 2. The number of ether oxygens (including phenoxy) is 4. The van der Waals surface area contributed by atoms with E-state index in [0.29, 0.717) is 0 Å². The monoisotopic (exact) mass is 608 g/mol. The van der Waals surface area contributed by atoms with E-state index >= 15 is 4.39 Å². The molecular weight excluding hydrogens is 567 g/mol. The number of carbonyl (C=O) groups is 1. The summed E-state index contributed by atoms with van der Waals surface area (Å²) in [5, 5.41) is 12.5. The van der Waals surface area contributed by atoms with Crippen LogP contribution in [0.15, 0.2) is 53.5 Å². The van der Waals surface area contributed by atoms with Crippen molar-refractivity contribution in [3.05, 3.63) is 65.5 Å². The van der Waals surface area contributed by atoms with Gasteiger partial charge in [-0.3, -0.25) is 0 Å². The van der Waals surface area contributed by atoms with Crippen molar-refractivity contribution in [2.45, 2.75) is 74.9 Å². The van der Waals surface area contributed by atoms with Gasteiger partial charge in [0.25, 0.3) is 0 Å². The molecule has 1 aliphatic rings. The van der Waals surface area contributed by atoms with Gasteiger partial charge in [0.2, 0.25) is 0 Å². The molecule has 1 heterocycles. The van der Waals surface area contributed by atoms with Gasteiger partial charge >= 0.3 is 6.09 Å². The molecule has 3 rings (SSSR count). The molecule has 42 heavy (non-hydrogen) atoms. The lowest BCUT2D eigenvalue weighted by molar-refractivity contribution is 0.0298. The minimum Gasteiger partial charge on any atom is -0.497 e. The lowest BCUT2D eigenvalue weighted by Gasteiger charge is -2.51. The maximum atomic E-state index is 15.8. The number of hydrogen-bond acceptors (Lipinski definition) is 8. The zero-order valence-electron chi connectivity index (χ0n) is 25.1. The van der Waals surface area contributed by atoms with Gasteiger partial charge in [-0.15, -0.1) is 0 Å². The largest absolute Gasteiger partial charge is 0.497 e. The van der Waals surface area contributed by atoms with Crippen LogP contribution in [-0.2, 0) is 36.2 Å². The molecule has 2 aromatic rings. The van der Waals surface area contributed by atoms with Gasteiger partial charge in [-0.1, -0.05) is 30.3 Å². The van der Waals surface area contributed by atoms with Gasteiger partial charge < -0.3 is 29.4 Å². The van der Waals surface area contributed by atoms with Crippen LogP contribution in [0.4, 0.5) is 9.18 Å². The molecule has 0 saturated carbocycles. The van der Waals surface area contributed by atoms with E-state index in [1.54, 1.807) is 20.8 Å². The molecule has 0 radical (unpaired) electrons. The smallest absolute Gasteiger partial charge is 0.435 e. The molecule has 1 fully saturated rings. The molecular formula is C30H41FN2O8S. The minimum absolute atomic E-state index is 0.0746. The van der Waals surface area contributed by atoms with E-state index < -0.39 is 49.0 Å². The van der Waals surface area contributed by atoms with Gasteiger partial charge in [-0.05, 0) is 64.8 Å². The Bertz CT molecular complexity index is 1380. The van der Waals surface area contributed by atoms with Crippen molar-refractivity contribution < 1.29 is 41.7 Å². The summed E-state index contributed by atoms with van der Waals surface area (Å²) in [5.41, 5.74) is -2.06. The number of amidine groups is 1. The summed E-state index contributed by atoms with van der Waals surface area (Å²) in [4.78, 5) is 16.9. The molecule has 232 valence electrons. The number of amides is 1. The van der Waals surface area contributed by atoms with Crippen molar-refractivity contribution in [3.8, 4) is 5.75 Å². The molecule has 12 heteroatoms. The Labute approximate surface area is 247 Å². The summed E-state index contributed by atoms with van der Waals surface area (Å²) in [6.45, 7) is 7.29. The molecule has 1 unspecified atom stereocenters. The molecule has 1 amide bonds. The molecule has 0 bridgehead atoms. The van der Waals surface area contributed by atoms with Gasteiger partial charge in [0.05, 0.1) is 38.3 Å². The van der Waals surface area contributed by atoms with Crippen LogP contribution in [0.3, 0.4) is 0 Å². The molecule has 1 aliphatic heterocycles. The number of sulfone groups is 1. The third-order valence-electron chi connectivity index (χ3n) is 7.08. The summed E-state index contributed by atoms with van der Waals surface area (Å²) < 4.78 is 65.0. The fraction of sp³-hybridized carbons (Fsp3) is 0.533. The predicted molar refractivity (Wildman–Crippen MR) is 157 cm³/mol.